The summed E-state index contributed by atoms with van der Waals surface area (Å²) in [6.45, 7) is 4.89. The Morgan fingerprint density at radius 2 is 1.45 bits per heavy atom. The summed E-state index contributed by atoms with van der Waals surface area (Å²) in [5.74, 6) is 1.84. The van der Waals surface area contributed by atoms with Crippen LogP contribution in [-0.2, 0) is 6.54 Å². The van der Waals surface area contributed by atoms with Gasteiger partial charge in [0.1, 0.15) is 11.5 Å². The quantitative estimate of drug-likeness (QED) is 0.893. The first-order chi connectivity index (χ1) is 9.63. The Labute approximate surface area is 120 Å². The molecule has 2 rings (SSSR count). The molecular weight excluding hydrogens is 250 g/mol. The molecule has 0 amide bonds. The van der Waals surface area contributed by atoms with Crippen molar-refractivity contribution in [3.05, 3.63) is 53.1 Å². The minimum Gasteiger partial charge on any atom is -0.496 e. The van der Waals surface area contributed by atoms with E-state index in [-0.39, 0.29) is 0 Å². The zero-order valence-corrected chi connectivity index (χ0v) is 12.5. The monoisotopic (exact) mass is 271 g/mol. The van der Waals surface area contributed by atoms with Gasteiger partial charge < -0.3 is 14.8 Å². The molecule has 0 saturated heterocycles. The molecule has 0 fully saturated rings. The zero-order chi connectivity index (χ0) is 14.5. The molecule has 0 atom stereocenters. The van der Waals surface area contributed by atoms with Gasteiger partial charge in [-0.25, -0.2) is 0 Å². The third-order valence-corrected chi connectivity index (χ3v) is 3.35. The largest absolute Gasteiger partial charge is 0.496 e. The first-order valence-electron chi connectivity index (χ1n) is 6.66. The van der Waals surface area contributed by atoms with Crippen LogP contribution in [0.15, 0.2) is 36.4 Å². The van der Waals surface area contributed by atoms with Crippen LogP contribution < -0.4 is 14.8 Å². The molecule has 106 valence electrons. The van der Waals surface area contributed by atoms with E-state index in [4.69, 9.17) is 9.47 Å². The van der Waals surface area contributed by atoms with E-state index >= 15 is 0 Å². The lowest BCUT2D eigenvalue weighted by atomic mass is 10.1. The van der Waals surface area contributed by atoms with Crippen LogP contribution in [0.2, 0.25) is 0 Å². The van der Waals surface area contributed by atoms with Crippen LogP contribution in [0.4, 0.5) is 5.69 Å². The molecule has 3 nitrogen and oxygen atoms in total. The molecular formula is C17H21NO2. The van der Waals surface area contributed by atoms with Crippen LogP contribution >= 0.6 is 0 Å². The molecule has 0 saturated carbocycles. The summed E-state index contributed by atoms with van der Waals surface area (Å²) in [5.41, 5.74) is 4.61. The van der Waals surface area contributed by atoms with Gasteiger partial charge in [0.25, 0.3) is 0 Å². The fraction of sp³-hybridized carbons (Fsp3) is 0.294. The Morgan fingerprint density at radius 3 is 2.00 bits per heavy atom. The lowest BCUT2D eigenvalue weighted by Crippen LogP contribution is -2.01. The van der Waals surface area contributed by atoms with Gasteiger partial charge in [-0.2, -0.15) is 0 Å². The van der Waals surface area contributed by atoms with Crippen molar-refractivity contribution in [3.63, 3.8) is 0 Å². The van der Waals surface area contributed by atoms with Crippen molar-refractivity contribution in [3.8, 4) is 11.5 Å². The molecule has 20 heavy (non-hydrogen) atoms. The molecule has 0 aliphatic rings. The van der Waals surface area contributed by atoms with E-state index in [1.807, 2.05) is 25.1 Å². The Morgan fingerprint density at radius 1 is 0.850 bits per heavy atom. The van der Waals surface area contributed by atoms with Gasteiger partial charge in [0, 0.05) is 12.2 Å². The Kier molecular flexibility index (Phi) is 4.51. The van der Waals surface area contributed by atoms with E-state index in [1.54, 1.807) is 14.2 Å². The number of nitrogens with one attached hydrogen (secondary N) is 1. The van der Waals surface area contributed by atoms with E-state index in [1.165, 1.54) is 5.56 Å². The first-order valence-corrected chi connectivity index (χ1v) is 6.66. The van der Waals surface area contributed by atoms with Gasteiger partial charge >= 0.3 is 0 Å². The van der Waals surface area contributed by atoms with Gasteiger partial charge in [-0.3, -0.25) is 0 Å². The van der Waals surface area contributed by atoms with Crippen LogP contribution in [0.25, 0.3) is 0 Å². The second-order valence-corrected chi connectivity index (χ2v) is 4.84. The minimum atomic E-state index is 0.788. The molecule has 0 spiro atoms. The highest BCUT2D eigenvalue weighted by molar-refractivity contribution is 5.51. The van der Waals surface area contributed by atoms with Crippen molar-refractivity contribution in [1.29, 1.82) is 0 Å². The van der Waals surface area contributed by atoms with Crippen molar-refractivity contribution >= 4 is 5.69 Å². The molecule has 0 unspecified atom stereocenters. The van der Waals surface area contributed by atoms with Crippen LogP contribution in [0.1, 0.15) is 16.7 Å². The number of anilines is 1. The average molecular weight is 271 g/mol. The van der Waals surface area contributed by atoms with Crippen molar-refractivity contribution < 1.29 is 9.47 Å². The number of methoxy groups -OCH3 is 2. The third-order valence-electron chi connectivity index (χ3n) is 3.35. The second kappa shape index (κ2) is 6.33. The van der Waals surface area contributed by atoms with E-state index in [2.05, 4.69) is 30.4 Å². The molecule has 2 aromatic carbocycles. The van der Waals surface area contributed by atoms with Gasteiger partial charge in [0.15, 0.2) is 0 Å². The van der Waals surface area contributed by atoms with Crippen molar-refractivity contribution in [1.82, 2.24) is 0 Å². The van der Waals surface area contributed by atoms with Crippen molar-refractivity contribution in [2.24, 2.45) is 0 Å². The smallest absolute Gasteiger partial charge is 0.121 e. The summed E-state index contributed by atoms with van der Waals surface area (Å²) in [6, 6.07) is 12.3. The van der Waals surface area contributed by atoms with Crippen LogP contribution in [-0.4, -0.2) is 14.2 Å². The summed E-state index contributed by atoms with van der Waals surface area (Å²) < 4.78 is 10.5. The van der Waals surface area contributed by atoms with Gasteiger partial charge in [-0.15, -0.1) is 0 Å². The summed E-state index contributed by atoms with van der Waals surface area (Å²) in [5, 5.41) is 3.42. The van der Waals surface area contributed by atoms with E-state index in [0.29, 0.717) is 0 Å². The summed E-state index contributed by atoms with van der Waals surface area (Å²) in [6.07, 6.45) is 0. The average Bonchev–Trinajstić information content (AvgIpc) is 2.45. The highest BCUT2D eigenvalue weighted by Crippen LogP contribution is 2.23. The molecule has 0 heterocycles. The molecule has 3 heteroatoms. The molecule has 0 radical (unpaired) electrons. The fourth-order valence-electron chi connectivity index (χ4n) is 2.24. The number of hydrogen-bond donors (Lipinski definition) is 1. The molecule has 0 aliphatic carbocycles. The maximum absolute atomic E-state index is 5.27. The summed E-state index contributed by atoms with van der Waals surface area (Å²) in [4.78, 5) is 0. The number of benzene rings is 2. The molecule has 1 N–H and O–H groups in total. The van der Waals surface area contributed by atoms with E-state index < -0.39 is 0 Å². The first kappa shape index (κ1) is 14.3. The Bertz CT molecular complexity index is 540. The van der Waals surface area contributed by atoms with Crippen molar-refractivity contribution in [2.45, 2.75) is 20.4 Å². The maximum Gasteiger partial charge on any atom is 0.121 e. The van der Waals surface area contributed by atoms with Gasteiger partial charge in [-0.05, 0) is 54.8 Å². The highest BCUT2D eigenvalue weighted by Gasteiger charge is 2.02. The standard InChI is InChI=1S/C17H21NO2/c1-12-9-14(5-7-16(12)19-3)11-18-15-6-8-17(20-4)13(2)10-15/h5-10,18H,11H2,1-4H3. The number of rotatable bonds is 5. The highest BCUT2D eigenvalue weighted by atomic mass is 16.5. The molecule has 0 aliphatic heterocycles. The summed E-state index contributed by atoms with van der Waals surface area (Å²) >= 11 is 0. The van der Waals surface area contributed by atoms with Gasteiger partial charge in [0.05, 0.1) is 14.2 Å². The number of hydrogen-bond acceptors (Lipinski definition) is 3. The lowest BCUT2D eigenvalue weighted by Gasteiger charge is -2.11. The molecule has 2 aromatic rings. The zero-order valence-electron chi connectivity index (χ0n) is 12.5. The third kappa shape index (κ3) is 3.23. The fourth-order valence-corrected chi connectivity index (χ4v) is 2.24. The van der Waals surface area contributed by atoms with E-state index in [0.717, 1.165) is 34.9 Å². The van der Waals surface area contributed by atoms with Crippen LogP contribution in [0.3, 0.4) is 0 Å². The topological polar surface area (TPSA) is 30.5 Å². The molecule has 0 aromatic heterocycles. The summed E-state index contributed by atoms with van der Waals surface area (Å²) in [7, 11) is 3.38. The molecule has 0 bridgehead atoms. The normalized spacial score (nSPS) is 10.2. The minimum absolute atomic E-state index is 0.788. The van der Waals surface area contributed by atoms with Crippen molar-refractivity contribution in [2.75, 3.05) is 19.5 Å². The Hall–Kier alpha value is -2.16. The second-order valence-electron chi connectivity index (χ2n) is 4.84. The number of aryl methyl sites for hydroxylation is 2. The lowest BCUT2D eigenvalue weighted by molar-refractivity contribution is 0.411. The van der Waals surface area contributed by atoms with Crippen LogP contribution in [0.5, 0.6) is 11.5 Å². The maximum atomic E-state index is 5.27. The SMILES string of the molecule is COc1ccc(CNc2ccc(OC)c(C)c2)cc1C. The van der Waals surface area contributed by atoms with Gasteiger partial charge in [0.2, 0.25) is 0 Å². The van der Waals surface area contributed by atoms with E-state index in [9.17, 15) is 0 Å². The predicted molar refractivity (Wildman–Crippen MR) is 82.8 cm³/mol. The predicted octanol–water partition coefficient (Wildman–Crippen LogP) is 3.93. The van der Waals surface area contributed by atoms with Gasteiger partial charge in [-0.1, -0.05) is 12.1 Å². The Balaban J connectivity index is 2.05. The van der Waals surface area contributed by atoms with Crippen LogP contribution in [0, 0.1) is 13.8 Å². The number of ether oxygens (including phenoxy) is 2.